The molecule has 0 saturated carbocycles. The Kier molecular flexibility index (Phi) is 2.41. The van der Waals surface area contributed by atoms with Crippen molar-refractivity contribution in [2.75, 3.05) is 5.32 Å². The minimum atomic E-state index is 1.01. The van der Waals surface area contributed by atoms with Gasteiger partial charge in [-0.2, -0.15) is 0 Å². The number of para-hydroxylation sites is 1. The lowest BCUT2D eigenvalue weighted by atomic mass is 10.1. The largest absolute Gasteiger partial charge is 0.353 e. The van der Waals surface area contributed by atoms with Crippen molar-refractivity contribution in [2.45, 2.75) is 13.3 Å². The van der Waals surface area contributed by atoms with Gasteiger partial charge in [0.1, 0.15) is 0 Å². The zero-order chi connectivity index (χ0) is 11.7. The van der Waals surface area contributed by atoms with Crippen LogP contribution in [0.1, 0.15) is 18.1 Å². The quantitative estimate of drug-likeness (QED) is 0.659. The molecule has 0 unspecified atom stereocenters. The average Bonchev–Trinajstić information content (AvgIpc) is 2.57. The third kappa shape index (κ3) is 1.82. The van der Waals surface area contributed by atoms with E-state index in [2.05, 4.69) is 47.6 Å². The van der Waals surface area contributed by atoms with E-state index in [9.17, 15) is 0 Å². The normalized spacial score (nSPS) is 12.3. The van der Waals surface area contributed by atoms with Crippen LogP contribution >= 0.6 is 0 Å². The van der Waals surface area contributed by atoms with Crippen molar-refractivity contribution in [2.24, 2.45) is 4.99 Å². The molecule has 1 N–H and O–H groups in total. The second-order valence-electron chi connectivity index (χ2n) is 4.18. The number of hydrogen-bond acceptors (Lipinski definition) is 2. The first-order chi connectivity index (χ1) is 8.36. The maximum Gasteiger partial charge on any atom is 0.0867 e. The summed E-state index contributed by atoms with van der Waals surface area (Å²) < 4.78 is 0. The number of anilines is 2. The molecule has 0 amide bonds. The third-order valence-corrected chi connectivity index (χ3v) is 3.04. The fraction of sp³-hybridized carbons (Fsp3) is 0.133. The van der Waals surface area contributed by atoms with E-state index in [1.54, 1.807) is 0 Å². The molecule has 2 aromatic carbocycles. The van der Waals surface area contributed by atoms with E-state index >= 15 is 0 Å². The van der Waals surface area contributed by atoms with Crippen LogP contribution in [0.3, 0.4) is 0 Å². The highest BCUT2D eigenvalue weighted by Crippen LogP contribution is 2.32. The number of hydrogen-bond donors (Lipinski definition) is 1. The van der Waals surface area contributed by atoms with E-state index in [-0.39, 0.29) is 0 Å². The number of rotatable bonds is 1. The molecular formula is C15H14N2. The topological polar surface area (TPSA) is 24.4 Å². The van der Waals surface area contributed by atoms with Gasteiger partial charge in [0.25, 0.3) is 0 Å². The summed E-state index contributed by atoms with van der Waals surface area (Å²) in [6.45, 7) is 2.16. The standard InChI is InChI=1S/C15H14N2/c1-2-11-7-8-14-15(9-11)16-10-12-5-3-4-6-13(12)17-14/h3-10,17H,2H2,1H3. The van der Waals surface area contributed by atoms with Gasteiger partial charge in [-0.25, -0.2) is 0 Å². The molecule has 0 spiro atoms. The van der Waals surface area contributed by atoms with E-state index in [1.807, 2.05) is 18.3 Å². The van der Waals surface area contributed by atoms with Crippen LogP contribution in [0, 0.1) is 0 Å². The highest BCUT2D eigenvalue weighted by molar-refractivity contribution is 5.95. The predicted octanol–water partition coefficient (Wildman–Crippen LogP) is 4.06. The Balaban J connectivity index is 2.11. The molecule has 0 aliphatic carbocycles. The van der Waals surface area contributed by atoms with Gasteiger partial charge in [-0.1, -0.05) is 31.2 Å². The Hall–Kier alpha value is -2.09. The molecule has 0 bridgehead atoms. The van der Waals surface area contributed by atoms with Crippen molar-refractivity contribution in [3.63, 3.8) is 0 Å². The number of aryl methyl sites for hydroxylation is 1. The summed E-state index contributed by atoms with van der Waals surface area (Å²) in [7, 11) is 0. The predicted molar refractivity (Wildman–Crippen MR) is 72.8 cm³/mol. The zero-order valence-corrected chi connectivity index (χ0v) is 9.77. The van der Waals surface area contributed by atoms with Crippen LogP contribution in [-0.4, -0.2) is 6.21 Å². The molecule has 0 aromatic heterocycles. The Morgan fingerprint density at radius 3 is 2.82 bits per heavy atom. The van der Waals surface area contributed by atoms with E-state index in [0.717, 1.165) is 29.0 Å². The van der Waals surface area contributed by atoms with E-state index in [4.69, 9.17) is 0 Å². The number of nitrogens with zero attached hydrogens (tertiary/aromatic N) is 1. The summed E-state index contributed by atoms with van der Waals surface area (Å²) in [6, 6.07) is 14.6. The van der Waals surface area contributed by atoms with Crippen LogP contribution in [0.4, 0.5) is 17.1 Å². The van der Waals surface area contributed by atoms with Gasteiger partial charge in [0, 0.05) is 17.5 Å². The summed E-state index contributed by atoms with van der Waals surface area (Å²) in [5.74, 6) is 0. The number of fused-ring (bicyclic) bond motifs is 2. The number of nitrogens with one attached hydrogen (secondary N) is 1. The average molecular weight is 222 g/mol. The van der Waals surface area contributed by atoms with Crippen LogP contribution in [0.25, 0.3) is 0 Å². The lowest BCUT2D eigenvalue weighted by Crippen LogP contribution is -1.92. The molecule has 0 saturated heterocycles. The van der Waals surface area contributed by atoms with E-state index < -0.39 is 0 Å². The first-order valence-corrected chi connectivity index (χ1v) is 5.90. The van der Waals surface area contributed by atoms with Crippen molar-refractivity contribution < 1.29 is 0 Å². The Morgan fingerprint density at radius 2 is 1.94 bits per heavy atom. The van der Waals surface area contributed by atoms with Crippen molar-refractivity contribution in [1.82, 2.24) is 0 Å². The van der Waals surface area contributed by atoms with Crippen LogP contribution in [0.5, 0.6) is 0 Å². The molecule has 2 aromatic rings. The monoisotopic (exact) mass is 222 g/mol. The van der Waals surface area contributed by atoms with E-state index in [1.165, 1.54) is 5.56 Å². The minimum absolute atomic E-state index is 1.01. The van der Waals surface area contributed by atoms with Gasteiger partial charge in [0.2, 0.25) is 0 Å². The summed E-state index contributed by atoms with van der Waals surface area (Å²) >= 11 is 0. The summed E-state index contributed by atoms with van der Waals surface area (Å²) in [4.78, 5) is 4.55. The van der Waals surface area contributed by atoms with Gasteiger partial charge < -0.3 is 5.32 Å². The molecule has 2 heteroatoms. The Bertz CT molecular complexity index is 585. The number of aliphatic imine (C=N–C) groups is 1. The maximum absolute atomic E-state index is 4.55. The maximum atomic E-state index is 4.55. The van der Waals surface area contributed by atoms with Crippen molar-refractivity contribution in [1.29, 1.82) is 0 Å². The smallest absolute Gasteiger partial charge is 0.0867 e. The van der Waals surface area contributed by atoms with E-state index in [0.29, 0.717) is 0 Å². The fourth-order valence-electron chi connectivity index (χ4n) is 2.02. The summed E-state index contributed by atoms with van der Waals surface area (Å²) in [5, 5.41) is 3.43. The Labute approximate surface area is 101 Å². The minimum Gasteiger partial charge on any atom is -0.353 e. The van der Waals surface area contributed by atoms with Crippen molar-refractivity contribution in [3.05, 3.63) is 53.6 Å². The fourth-order valence-corrected chi connectivity index (χ4v) is 2.02. The van der Waals surface area contributed by atoms with Gasteiger partial charge in [0.05, 0.1) is 11.4 Å². The molecule has 0 radical (unpaired) electrons. The first-order valence-electron chi connectivity index (χ1n) is 5.90. The highest BCUT2D eigenvalue weighted by atomic mass is 14.9. The van der Waals surface area contributed by atoms with Crippen LogP contribution in [-0.2, 0) is 6.42 Å². The molecule has 0 atom stereocenters. The molecule has 0 fully saturated rings. The SMILES string of the molecule is CCc1ccc2c(c1)N=Cc1ccccc1N2. The van der Waals surface area contributed by atoms with Crippen molar-refractivity contribution in [3.8, 4) is 0 Å². The Morgan fingerprint density at radius 1 is 1.06 bits per heavy atom. The molecule has 2 nitrogen and oxygen atoms in total. The highest BCUT2D eigenvalue weighted by Gasteiger charge is 2.08. The van der Waals surface area contributed by atoms with Crippen LogP contribution < -0.4 is 5.32 Å². The van der Waals surface area contributed by atoms with Gasteiger partial charge >= 0.3 is 0 Å². The van der Waals surface area contributed by atoms with Crippen LogP contribution in [0.2, 0.25) is 0 Å². The lowest BCUT2D eigenvalue weighted by Gasteiger charge is -2.09. The molecule has 3 rings (SSSR count). The molecule has 1 aliphatic heterocycles. The second kappa shape index (κ2) is 4.06. The molecule has 1 heterocycles. The van der Waals surface area contributed by atoms with Gasteiger partial charge in [-0.3, -0.25) is 4.99 Å². The molecular weight excluding hydrogens is 208 g/mol. The second-order valence-corrected chi connectivity index (χ2v) is 4.18. The van der Waals surface area contributed by atoms with Gasteiger partial charge in [-0.05, 0) is 30.2 Å². The molecule has 84 valence electrons. The first kappa shape index (κ1) is 10.1. The van der Waals surface area contributed by atoms with Crippen molar-refractivity contribution >= 4 is 23.3 Å². The lowest BCUT2D eigenvalue weighted by molar-refractivity contribution is 1.14. The zero-order valence-electron chi connectivity index (χ0n) is 9.77. The summed E-state index contributed by atoms with van der Waals surface area (Å²) in [5.41, 5.74) is 5.64. The molecule has 17 heavy (non-hydrogen) atoms. The van der Waals surface area contributed by atoms with Gasteiger partial charge in [-0.15, -0.1) is 0 Å². The van der Waals surface area contributed by atoms with Crippen LogP contribution in [0.15, 0.2) is 47.5 Å². The number of benzene rings is 2. The molecule has 1 aliphatic rings. The third-order valence-electron chi connectivity index (χ3n) is 3.04. The van der Waals surface area contributed by atoms with Gasteiger partial charge in [0.15, 0.2) is 0 Å². The summed E-state index contributed by atoms with van der Waals surface area (Å²) in [6.07, 6.45) is 2.96.